The Morgan fingerprint density at radius 3 is 2.62 bits per heavy atom. The van der Waals surface area contributed by atoms with Gasteiger partial charge >= 0.3 is 5.97 Å². The van der Waals surface area contributed by atoms with Crippen molar-refractivity contribution < 1.29 is 23.4 Å². The highest BCUT2D eigenvalue weighted by molar-refractivity contribution is 6.42. The van der Waals surface area contributed by atoms with Crippen LogP contribution >= 0.6 is 23.2 Å². The first-order chi connectivity index (χ1) is 15.4. The number of hydrogen-bond donors (Lipinski definition) is 0. The quantitative estimate of drug-likeness (QED) is 0.323. The lowest BCUT2D eigenvalue weighted by molar-refractivity contribution is -0.129. The zero-order chi connectivity index (χ0) is 22.7. The highest BCUT2D eigenvalue weighted by Gasteiger charge is 2.24. The molecule has 0 fully saturated rings. The van der Waals surface area contributed by atoms with Crippen molar-refractivity contribution in [3.05, 3.63) is 98.9 Å². The predicted octanol–water partition coefficient (Wildman–Crippen LogP) is 6.06. The second kappa shape index (κ2) is 9.42. The third-order valence-corrected chi connectivity index (χ3v) is 5.30. The number of ether oxygens (including phenoxy) is 3. The number of cyclic esters (lactones) is 1. The number of carbonyl (C=O) groups excluding carboxylic acids is 1. The van der Waals surface area contributed by atoms with Gasteiger partial charge in [0.25, 0.3) is 0 Å². The van der Waals surface area contributed by atoms with Gasteiger partial charge in [-0.3, -0.25) is 0 Å². The minimum absolute atomic E-state index is 0.0503. The number of hydrogen-bond acceptors (Lipinski definition) is 5. The first kappa shape index (κ1) is 21.9. The largest absolute Gasteiger partial charge is 0.493 e. The Labute approximate surface area is 193 Å². The van der Waals surface area contributed by atoms with E-state index < -0.39 is 11.8 Å². The number of rotatable bonds is 6. The standard InChI is InChI=1S/C24H16Cl2FNO4/c1-30-22-11-14(6-8-21(22)31-13-15-5-7-18(25)19(26)9-15)10-20-24(29)32-23(28-20)16-3-2-4-17(27)12-16/h2-12H,13H2,1H3/b20-10-. The molecule has 1 heterocycles. The van der Waals surface area contributed by atoms with Gasteiger partial charge in [0, 0.05) is 5.56 Å². The zero-order valence-corrected chi connectivity index (χ0v) is 18.3. The van der Waals surface area contributed by atoms with Gasteiger partial charge in [0.2, 0.25) is 5.90 Å². The maximum Gasteiger partial charge on any atom is 0.363 e. The van der Waals surface area contributed by atoms with Crippen LogP contribution < -0.4 is 9.47 Å². The summed E-state index contributed by atoms with van der Waals surface area (Å²) in [5, 5.41) is 0.919. The minimum Gasteiger partial charge on any atom is -0.493 e. The topological polar surface area (TPSA) is 57.1 Å². The van der Waals surface area contributed by atoms with Gasteiger partial charge in [-0.1, -0.05) is 41.4 Å². The second-order valence-corrected chi connectivity index (χ2v) is 7.61. The van der Waals surface area contributed by atoms with E-state index in [1.807, 2.05) is 6.07 Å². The van der Waals surface area contributed by atoms with Crippen LogP contribution in [0.15, 0.2) is 71.4 Å². The van der Waals surface area contributed by atoms with Crippen LogP contribution in [0.25, 0.3) is 6.08 Å². The fraction of sp³-hybridized carbons (Fsp3) is 0.0833. The molecule has 4 rings (SSSR count). The summed E-state index contributed by atoms with van der Waals surface area (Å²) in [4.78, 5) is 16.4. The van der Waals surface area contributed by atoms with E-state index in [1.165, 1.54) is 25.3 Å². The van der Waals surface area contributed by atoms with E-state index in [2.05, 4.69) is 4.99 Å². The molecular formula is C24H16Cl2FNO4. The fourth-order valence-electron chi connectivity index (χ4n) is 3.00. The summed E-state index contributed by atoms with van der Waals surface area (Å²) in [5.41, 5.74) is 1.97. The molecular weight excluding hydrogens is 456 g/mol. The van der Waals surface area contributed by atoms with Gasteiger partial charge in [-0.15, -0.1) is 0 Å². The first-order valence-electron chi connectivity index (χ1n) is 9.46. The Hall–Kier alpha value is -3.35. The second-order valence-electron chi connectivity index (χ2n) is 6.79. The molecule has 8 heteroatoms. The van der Waals surface area contributed by atoms with Crippen LogP contribution in [0, 0.1) is 5.82 Å². The summed E-state index contributed by atoms with van der Waals surface area (Å²) in [6.07, 6.45) is 1.56. The van der Waals surface area contributed by atoms with Crippen molar-refractivity contribution in [3.8, 4) is 11.5 Å². The van der Waals surface area contributed by atoms with E-state index in [1.54, 1.807) is 42.5 Å². The van der Waals surface area contributed by atoms with E-state index >= 15 is 0 Å². The van der Waals surface area contributed by atoms with Crippen LogP contribution in [0.5, 0.6) is 11.5 Å². The Kier molecular flexibility index (Phi) is 6.44. The van der Waals surface area contributed by atoms with E-state index in [9.17, 15) is 9.18 Å². The average Bonchev–Trinajstić information content (AvgIpc) is 3.15. The molecule has 162 valence electrons. The molecule has 0 bridgehead atoms. The number of benzene rings is 3. The molecule has 0 atom stereocenters. The maximum absolute atomic E-state index is 13.4. The summed E-state index contributed by atoms with van der Waals surface area (Å²) >= 11 is 12.0. The van der Waals surface area contributed by atoms with Crippen molar-refractivity contribution in [1.82, 2.24) is 0 Å². The summed E-state index contributed by atoms with van der Waals surface area (Å²) in [6.45, 7) is 0.265. The predicted molar refractivity (Wildman–Crippen MR) is 121 cm³/mol. The smallest absolute Gasteiger partial charge is 0.363 e. The van der Waals surface area contributed by atoms with Gasteiger partial charge in [0.05, 0.1) is 17.2 Å². The first-order valence-corrected chi connectivity index (χ1v) is 10.2. The fourth-order valence-corrected chi connectivity index (χ4v) is 3.32. The number of nitrogens with zero attached hydrogens (tertiary/aromatic N) is 1. The molecule has 1 aliphatic heterocycles. The van der Waals surface area contributed by atoms with Crippen molar-refractivity contribution in [2.75, 3.05) is 7.11 Å². The van der Waals surface area contributed by atoms with Gasteiger partial charge in [-0.25, -0.2) is 14.2 Å². The molecule has 0 amide bonds. The molecule has 0 aliphatic carbocycles. The van der Waals surface area contributed by atoms with Crippen LogP contribution in [0.4, 0.5) is 4.39 Å². The number of halogens is 3. The molecule has 0 saturated heterocycles. The van der Waals surface area contributed by atoms with Crippen LogP contribution in [0.1, 0.15) is 16.7 Å². The lowest BCUT2D eigenvalue weighted by Crippen LogP contribution is -2.05. The molecule has 3 aromatic carbocycles. The Morgan fingerprint density at radius 1 is 1.03 bits per heavy atom. The maximum atomic E-state index is 13.4. The highest BCUT2D eigenvalue weighted by Crippen LogP contribution is 2.31. The van der Waals surface area contributed by atoms with Crippen LogP contribution in [-0.4, -0.2) is 19.0 Å². The van der Waals surface area contributed by atoms with Crippen LogP contribution in [0.2, 0.25) is 10.0 Å². The summed E-state index contributed by atoms with van der Waals surface area (Å²) in [6, 6.07) is 16.1. The van der Waals surface area contributed by atoms with Crippen molar-refractivity contribution in [1.29, 1.82) is 0 Å². The molecule has 0 unspecified atom stereocenters. The monoisotopic (exact) mass is 471 g/mol. The third-order valence-electron chi connectivity index (χ3n) is 4.56. The lowest BCUT2D eigenvalue weighted by Gasteiger charge is -2.12. The normalized spacial score (nSPS) is 14.3. The van der Waals surface area contributed by atoms with Crippen molar-refractivity contribution in [3.63, 3.8) is 0 Å². The van der Waals surface area contributed by atoms with Crippen LogP contribution in [-0.2, 0) is 16.1 Å². The molecule has 0 spiro atoms. The molecule has 0 radical (unpaired) electrons. The van der Waals surface area contributed by atoms with Gasteiger partial charge < -0.3 is 14.2 Å². The summed E-state index contributed by atoms with van der Waals surface area (Å²) < 4.78 is 29.9. The molecule has 0 N–H and O–H groups in total. The Balaban J connectivity index is 1.53. The molecule has 32 heavy (non-hydrogen) atoms. The lowest BCUT2D eigenvalue weighted by atomic mass is 10.1. The average molecular weight is 472 g/mol. The van der Waals surface area contributed by atoms with Crippen molar-refractivity contribution in [2.45, 2.75) is 6.61 Å². The molecule has 3 aromatic rings. The SMILES string of the molecule is COc1cc(/C=C2\N=C(c3cccc(F)c3)OC2=O)ccc1OCc1ccc(Cl)c(Cl)c1. The van der Waals surface area contributed by atoms with Crippen molar-refractivity contribution >= 4 is 41.1 Å². The van der Waals surface area contributed by atoms with E-state index in [0.29, 0.717) is 32.7 Å². The number of esters is 1. The van der Waals surface area contributed by atoms with Gasteiger partial charge in [0.1, 0.15) is 12.4 Å². The van der Waals surface area contributed by atoms with E-state index in [4.69, 9.17) is 37.4 Å². The Morgan fingerprint density at radius 2 is 1.88 bits per heavy atom. The van der Waals surface area contributed by atoms with E-state index in [0.717, 1.165) is 5.56 Å². The molecule has 0 saturated carbocycles. The highest BCUT2D eigenvalue weighted by atomic mass is 35.5. The number of carbonyl (C=O) groups is 1. The van der Waals surface area contributed by atoms with Gasteiger partial charge in [-0.05, 0) is 59.7 Å². The summed E-state index contributed by atoms with van der Waals surface area (Å²) in [5.74, 6) is -0.0314. The molecule has 1 aliphatic rings. The zero-order valence-electron chi connectivity index (χ0n) is 16.8. The van der Waals surface area contributed by atoms with Gasteiger partial charge in [-0.2, -0.15) is 0 Å². The number of methoxy groups -OCH3 is 1. The molecule has 0 aromatic heterocycles. The van der Waals surface area contributed by atoms with Crippen LogP contribution in [0.3, 0.4) is 0 Å². The summed E-state index contributed by atoms with van der Waals surface area (Å²) in [7, 11) is 1.52. The third kappa shape index (κ3) is 4.93. The Bertz CT molecular complexity index is 1260. The van der Waals surface area contributed by atoms with E-state index in [-0.39, 0.29) is 18.2 Å². The molecule has 5 nitrogen and oxygen atoms in total. The minimum atomic E-state index is -0.622. The van der Waals surface area contributed by atoms with Gasteiger partial charge in [0.15, 0.2) is 17.2 Å². The number of aliphatic imine (C=N–C) groups is 1. The van der Waals surface area contributed by atoms with Crippen molar-refractivity contribution in [2.24, 2.45) is 4.99 Å².